The fourth-order valence-corrected chi connectivity index (χ4v) is 4.42. The molecule has 3 aliphatic rings. The number of piperidine rings is 1. The van der Waals surface area contributed by atoms with Gasteiger partial charge < -0.3 is 14.5 Å². The van der Waals surface area contributed by atoms with Crippen LogP contribution >= 0.6 is 0 Å². The van der Waals surface area contributed by atoms with Crippen molar-refractivity contribution in [1.82, 2.24) is 19.8 Å². The van der Waals surface area contributed by atoms with Crippen molar-refractivity contribution in [2.24, 2.45) is 0 Å². The summed E-state index contributed by atoms with van der Waals surface area (Å²) >= 11 is 0. The third kappa shape index (κ3) is 4.58. The summed E-state index contributed by atoms with van der Waals surface area (Å²) in [5.74, 6) is 2.40. The Bertz CT molecular complexity index is 656. The van der Waals surface area contributed by atoms with E-state index in [1.807, 2.05) is 6.92 Å². The molecule has 0 aliphatic carbocycles. The molecule has 1 amide bonds. The molecule has 27 heavy (non-hydrogen) atoms. The van der Waals surface area contributed by atoms with Crippen LogP contribution in [-0.2, 0) is 9.53 Å². The van der Waals surface area contributed by atoms with E-state index in [0.717, 1.165) is 82.7 Å². The maximum absolute atomic E-state index is 12.7. The molecule has 7 heteroatoms. The first-order chi connectivity index (χ1) is 13.2. The van der Waals surface area contributed by atoms with E-state index in [9.17, 15) is 4.79 Å². The van der Waals surface area contributed by atoms with Crippen molar-refractivity contribution in [2.75, 3.05) is 63.9 Å². The normalized spacial score (nSPS) is 24.4. The van der Waals surface area contributed by atoms with E-state index in [1.54, 1.807) is 0 Å². The van der Waals surface area contributed by atoms with Gasteiger partial charge in [0, 0.05) is 38.2 Å². The van der Waals surface area contributed by atoms with E-state index >= 15 is 0 Å². The standard InChI is InChI=1S/C20H31N5O2/c1-16-21-18(13-19(22-16)24-9-11-27-12-10-24)17-5-4-8-25(14-17)20(26)15-23-6-2-3-7-23/h13,17H,2-12,14-15H2,1H3. The summed E-state index contributed by atoms with van der Waals surface area (Å²) in [5.41, 5.74) is 1.09. The van der Waals surface area contributed by atoms with E-state index in [-0.39, 0.29) is 5.91 Å². The average Bonchev–Trinajstić information content (AvgIpc) is 3.21. The van der Waals surface area contributed by atoms with Crippen LogP contribution in [-0.4, -0.2) is 84.7 Å². The highest BCUT2D eigenvalue weighted by molar-refractivity contribution is 5.78. The van der Waals surface area contributed by atoms with Crippen LogP contribution in [0.25, 0.3) is 0 Å². The van der Waals surface area contributed by atoms with Crippen LogP contribution in [0.3, 0.4) is 0 Å². The van der Waals surface area contributed by atoms with Gasteiger partial charge in [-0.15, -0.1) is 0 Å². The molecule has 3 fully saturated rings. The van der Waals surface area contributed by atoms with Gasteiger partial charge in [-0.3, -0.25) is 9.69 Å². The SMILES string of the molecule is Cc1nc(C2CCCN(C(=O)CN3CCCC3)C2)cc(N2CCOCC2)n1. The summed E-state index contributed by atoms with van der Waals surface area (Å²) in [6.45, 7) is 9.59. The smallest absolute Gasteiger partial charge is 0.236 e. The summed E-state index contributed by atoms with van der Waals surface area (Å²) in [6, 6.07) is 2.14. The Kier molecular flexibility index (Phi) is 5.88. The number of carbonyl (C=O) groups excluding carboxylic acids is 1. The van der Waals surface area contributed by atoms with E-state index < -0.39 is 0 Å². The number of aryl methyl sites for hydroxylation is 1. The molecular formula is C20H31N5O2. The number of nitrogens with zero attached hydrogens (tertiary/aromatic N) is 5. The molecule has 1 aromatic heterocycles. The Labute approximate surface area is 161 Å². The zero-order valence-electron chi connectivity index (χ0n) is 16.4. The van der Waals surface area contributed by atoms with Crippen LogP contribution in [0.4, 0.5) is 5.82 Å². The summed E-state index contributed by atoms with van der Waals surface area (Å²) in [7, 11) is 0. The van der Waals surface area contributed by atoms with E-state index in [2.05, 4.69) is 25.8 Å². The Balaban J connectivity index is 1.44. The maximum Gasteiger partial charge on any atom is 0.236 e. The fourth-order valence-electron chi connectivity index (χ4n) is 4.42. The highest BCUT2D eigenvalue weighted by Gasteiger charge is 2.28. The van der Waals surface area contributed by atoms with Gasteiger partial charge in [-0.05, 0) is 45.7 Å². The number of carbonyl (C=O) groups is 1. The van der Waals surface area contributed by atoms with Gasteiger partial charge in [-0.2, -0.15) is 0 Å². The van der Waals surface area contributed by atoms with Crippen molar-refractivity contribution in [3.63, 3.8) is 0 Å². The number of rotatable bonds is 4. The average molecular weight is 374 g/mol. The number of likely N-dealkylation sites (tertiary alicyclic amines) is 2. The Morgan fingerprint density at radius 1 is 1.11 bits per heavy atom. The molecule has 0 N–H and O–H groups in total. The van der Waals surface area contributed by atoms with Gasteiger partial charge in [-0.25, -0.2) is 9.97 Å². The number of aromatic nitrogens is 2. The molecule has 0 aromatic carbocycles. The van der Waals surface area contributed by atoms with E-state index in [0.29, 0.717) is 12.5 Å². The summed E-state index contributed by atoms with van der Waals surface area (Å²) < 4.78 is 5.46. The second-order valence-corrected chi connectivity index (χ2v) is 7.96. The largest absolute Gasteiger partial charge is 0.378 e. The summed E-state index contributed by atoms with van der Waals surface area (Å²) in [5, 5.41) is 0. The highest BCUT2D eigenvalue weighted by Crippen LogP contribution is 2.28. The number of hydrogen-bond acceptors (Lipinski definition) is 6. The lowest BCUT2D eigenvalue weighted by molar-refractivity contribution is -0.133. The van der Waals surface area contributed by atoms with Crippen LogP contribution in [0.2, 0.25) is 0 Å². The number of amides is 1. The molecule has 7 nitrogen and oxygen atoms in total. The van der Waals surface area contributed by atoms with Crippen molar-refractivity contribution in [2.45, 2.75) is 38.5 Å². The van der Waals surface area contributed by atoms with Crippen molar-refractivity contribution in [3.05, 3.63) is 17.6 Å². The Morgan fingerprint density at radius 2 is 1.89 bits per heavy atom. The van der Waals surface area contributed by atoms with Crippen molar-refractivity contribution < 1.29 is 9.53 Å². The lowest BCUT2D eigenvalue weighted by Crippen LogP contribution is -2.44. The molecule has 4 heterocycles. The van der Waals surface area contributed by atoms with Gasteiger partial charge >= 0.3 is 0 Å². The van der Waals surface area contributed by atoms with Gasteiger partial charge in [0.2, 0.25) is 5.91 Å². The van der Waals surface area contributed by atoms with E-state index in [4.69, 9.17) is 9.72 Å². The van der Waals surface area contributed by atoms with Crippen LogP contribution < -0.4 is 4.90 Å². The molecule has 0 radical (unpaired) electrons. The van der Waals surface area contributed by atoms with Gasteiger partial charge in [0.15, 0.2) is 0 Å². The topological polar surface area (TPSA) is 61.8 Å². The van der Waals surface area contributed by atoms with Crippen molar-refractivity contribution in [3.8, 4) is 0 Å². The molecule has 0 spiro atoms. The van der Waals surface area contributed by atoms with E-state index in [1.165, 1.54) is 12.8 Å². The minimum atomic E-state index is 0.279. The minimum Gasteiger partial charge on any atom is -0.378 e. The quantitative estimate of drug-likeness (QED) is 0.796. The predicted molar refractivity (Wildman–Crippen MR) is 104 cm³/mol. The molecule has 1 atom stereocenters. The molecule has 3 saturated heterocycles. The lowest BCUT2D eigenvalue weighted by Gasteiger charge is -2.34. The molecule has 1 aromatic rings. The van der Waals surface area contributed by atoms with Crippen molar-refractivity contribution >= 4 is 11.7 Å². The number of hydrogen-bond donors (Lipinski definition) is 0. The van der Waals surface area contributed by atoms with Crippen LogP contribution in [0, 0.1) is 6.92 Å². The van der Waals surface area contributed by atoms with Crippen LogP contribution in [0.1, 0.15) is 43.1 Å². The Hall–Kier alpha value is -1.73. The fraction of sp³-hybridized carbons (Fsp3) is 0.750. The molecular weight excluding hydrogens is 342 g/mol. The maximum atomic E-state index is 12.7. The highest BCUT2D eigenvalue weighted by atomic mass is 16.5. The number of anilines is 1. The van der Waals surface area contributed by atoms with Crippen molar-refractivity contribution in [1.29, 1.82) is 0 Å². The van der Waals surface area contributed by atoms with Gasteiger partial charge in [0.05, 0.1) is 25.5 Å². The first kappa shape index (κ1) is 18.6. The molecule has 0 bridgehead atoms. The third-order valence-electron chi connectivity index (χ3n) is 5.93. The number of ether oxygens (including phenoxy) is 1. The van der Waals surface area contributed by atoms with Gasteiger partial charge in [0.1, 0.15) is 11.6 Å². The first-order valence-electron chi connectivity index (χ1n) is 10.4. The van der Waals surface area contributed by atoms with Crippen LogP contribution in [0.15, 0.2) is 6.07 Å². The molecule has 3 aliphatic heterocycles. The third-order valence-corrected chi connectivity index (χ3v) is 5.93. The lowest BCUT2D eigenvalue weighted by atomic mass is 9.94. The molecule has 1 unspecified atom stereocenters. The van der Waals surface area contributed by atoms with Gasteiger partial charge in [0.25, 0.3) is 0 Å². The monoisotopic (exact) mass is 373 g/mol. The second kappa shape index (κ2) is 8.52. The zero-order valence-corrected chi connectivity index (χ0v) is 16.4. The molecule has 4 rings (SSSR count). The second-order valence-electron chi connectivity index (χ2n) is 7.96. The zero-order chi connectivity index (χ0) is 18.6. The Morgan fingerprint density at radius 3 is 2.67 bits per heavy atom. The molecule has 148 valence electrons. The number of morpholine rings is 1. The summed E-state index contributed by atoms with van der Waals surface area (Å²) in [4.78, 5) is 28.7. The molecule has 0 saturated carbocycles. The first-order valence-corrected chi connectivity index (χ1v) is 10.4. The minimum absolute atomic E-state index is 0.279. The summed E-state index contributed by atoms with van der Waals surface area (Å²) in [6.07, 6.45) is 4.58. The van der Waals surface area contributed by atoms with Crippen LogP contribution in [0.5, 0.6) is 0 Å². The van der Waals surface area contributed by atoms with Gasteiger partial charge in [-0.1, -0.05) is 0 Å². The predicted octanol–water partition coefficient (Wildman–Crippen LogP) is 1.42.